The number of allylic oxidation sites excluding steroid dienone is 1. The van der Waals surface area contributed by atoms with Gasteiger partial charge >= 0.3 is 0 Å². The summed E-state index contributed by atoms with van der Waals surface area (Å²) in [5, 5.41) is 8.89. The van der Waals surface area contributed by atoms with Crippen LogP contribution >= 0.6 is 0 Å². The number of fused-ring (bicyclic) bond motifs is 1. The zero-order valence-electron chi connectivity index (χ0n) is 12.1. The summed E-state index contributed by atoms with van der Waals surface area (Å²) in [6.45, 7) is 0.972. The van der Waals surface area contributed by atoms with Gasteiger partial charge in [-0.15, -0.1) is 0 Å². The summed E-state index contributed by atoms with van der Waals surface area (Å²) in [6.07, 6.45) is 5.37. The van der Waals surface area contributed by atoms with E-state index in [9.17, 15) is 0 Å². The predicted molar refractivity (Wildman–Crippen MR) is 77.4 cm³/mol. The predicted octanol–water partition coefficient (Wildman–Crippen LogP) is 1.18. The number of carboxylic acid groups (broad SMARTS) is 1. The Morgan fingerprint density at radius 1 is 1.19 bits per heavy atom. The van der Waals surface area contributed by atoms with Gasteiger partial charge in [0, 0.05) is 23.7 Å². The highest BCUT2D eigenvalue weighted by molar-refractivity contribution is 5.61. The van der Waals surface area contributed by atoms with Crippen LogP contribution in [0.3, 0.4) is 0 Å². The molecule has 0 spiro atoms. The topological polar surface area (TPSA) is 53.2 Å². The second-order valence-corrected chi connectivity index (χ2v) is 4.58. The fraction of sp³-hybridized carbons (Fsp3) is 0.176. The molecule has 1 aliphatic rings. The maximum atomic E-state index is 8.89. The van der Waals surface area contributed by atoms with Gasteiger partial charge in [-0.25, -0.2) is 0 Å². The third-order valence-corrected chi connectivity index (χ3v) is 3.09. The van der Waals surface area contributed by atoms with Crippen molar-refractivity contribution in [3.8, 4) is 5.75 Å². The molecular weight excluding hydrogens is 266 g/mol. The van der Waals surface area contributed by atoms with Gasteiger partial charge in [0.15, 0.2) is 11.9 Å². The molecule has 0 unspecified atom stereocenters. The van der Waals surface area contributed by atoms with E-state index in [1.54, 1.807) is 7.11 Å². The minimum Gasteiger partial charge on any atom is -0.550 e. The van der Waals surface area contributed by atoms with E-state index in [2.05, 4.69) is 47.2 Å². The molecule has 0 saturated carbocycles. The van der Waals surface area contributed by atoms with Crippen LogP contribution in [0.15, 0.2) is 54.7 Å². The number of ether oxygens (including phenoxy) is 1. The first-order valence-corrected chi connectivity index (χ1v) is 6.64. The van der Waals surface area contributed by atoms with Gasteiger partial charge < -0.3 is 14.6 Å². The van der Waals surface area contributed by atoms with Crippen molar-refractivity contribution in [2.45, 2.75) is 13.3 Å². The van der Waals surface area contributed by atoms with E-state index < -0.39 is 5.97 Å². The van der Waals surface area contributed by atoms with Gasteiger partial charge in [-0.05, 0) is 37.3 Å². The Balaban J connectivity index is 0.000000361. The van der Waals surface area contributed by atoms with Gasteiger partial charge in [-0.1, -0.05) is 6.07 Å². The van der Waals surface area contributed by atoms with Crippen LogP contribution in [-0.2, 0) is 11.2 Å². The second-order valence-electron chi connectivity index (χ2n) is 4.58. The SMILES string of the molecule is CC(=O)[O-].COc1ccc(C2=CCc3cccc[n+]32)cc1. The molecule has 1 aromatic heterocycles. The van der Waals surface area contributed by atoms with Gasteiger partial charge in [-0.3, -0.25) is 0 Å². The average Bonchev–Trinajstić information content (AvgIpc) is 2.91. The number of rotatable bonds is 2. The van der Waals surface area contributed by atoms with E-state index in [0.29, 0.717) is 0 Å². The zero-order valence-corrected chi connectivity index (χ0v) is 12.1. The molecule has 1 aliphatic heterocycles. The average molecular weight is 283 g/mol. The Bertz CT molecular complexity index is 656. The van der Waals surface area contributed by atoms with Gasteiger partial charge in [0.25, 0.3) is 0 Å². The summed E-state index contributed by atoms with van der Waals surface area (Å²) in [4.78, 5) is 8.89. The van der Waals surface area contributed by atoms with Crippen LogP contribution in [0, 0.1) is 0 Å². The fourth-order valence-electron chi connectivity index (χ4n) is 2.20. The summed E-state index contributed by atoms with van der Waals surface area (Å²) in [6, 6.07) is 14.5. The van der Waals surface area contributed by atoms with Crippen LogP contribution in [0.1, 0.15) is 18.2 Å². The molecule has 0 bridgehead atoms. The quantitative estimate of drug-likeness (QED) is 0.778. The first kappa shape index (κ1) is 14.8. The van der Waals surface area contributed by atoms with Crippen molar-refractivity contribution in [1.82, 2.24) is 0 Å². The molecule has 2 heterocycles. The summed E-state index contributed by atoms with van der Waals surface area (Å²) >= 11 is 0. The number of carboxylic acids is 1. The van der Waals surface area contributed by atoms with Crippen molar-refractivity contribution in [3.05, 3.63) is 66.0 Å². The maximum Gasteiger partial charge on any atom is 0.214 e. The summed E-state index contributed by atoms with van der Waals surface area (Å²) in [5.74, 6) is -0.189. The number of carbonyl (C=O) groups excluding carboxylic acids is 1. The second kappa shape index (κ2) is 6.70. The first-order valence-electron chi connectivity index (χ1n) is 6.64. The monoisotopic (exact) mass is 283 g/mol. The Morgan fingerprint density at radius 2 is 1.86 bits per heavy atom. The Kier molecular flexibility index (Phi) is 4.72. The van der Waals surface area contributed by atoms with Gasteiger partial charge in [0.2, 0.25) is 5.70 Å². The molecule has 108 valence electrons. The van der Waals surface area contributed by atoms with Crippen LogP contribution in [-0.4, -0.2) is 13.1 Å². The standard InChI is InChI=1S/C15H14NO.C2H4O2/c1-17-14-8-5-12(6-9-14)15-10-7-13-4-2-3-11-16(13)15;1-2(3)4/h2-6,8-11H,7H2,1H3;1H3,(H,3,4)/q+1;/p-1. The minimum absolute atomic E-state index is 0.894. The lowest BCUT2D eigenvalue weighted by Crippen LogP contribution is -2.33. The molecule has 0 radical (unpaired) electrons. The number of hydrogen-bond acceptors (Lipinski definition) is 3. The molecule has 2 aromatic rings. The van der Waals surface area contributed by atoms with Crippen LogP contribution in [0.2, 0.25) is 0 Å². The van der Waals surface area contributed by atoms with Gasteiger partial charge in [-0.2, -0.15) is 4.57 Å². The number of methoxy groups -OCH3 is 1. The maximum absolute atomic E-state index is 8.89. The third-order valence-electron chi connectivity index (χ3n) is 3.09. The van der Waals surface area contributed by atoms with E-state index in [4.69, 9.17) is 14.6 Å². The molecule has 0 atom stereocenters. The van der Waals surface area contributed by atoms with Crippen molar-refractivity contribution in [2.75, 3.05) is 7.11 Å². The summed E-state index contributed by atoms with van der Waals surface area (Å²) in [7, 11) is 1.69. The largest absolute Gasteiger partial charge is 0.550 e. The Hall–Kier alpha value is -2.62. The number of carbonyl (C=O) groups is 1. The lowest BCUT2D eigenvalue weighted by atomic mass is 10.1. The van der Waals surface area contributed by atoms with Crippen LogP contribution in [0.25, 0.3) is 5.70 Å². The van der Waals surface area contributed by atoms with Gasteiger partial charge in [0.05, 0.1) is 13.5 Å². The number of nitrogens with zero attached hydrogens (tertiary/aromatic N) is 1. The minimum atomic E-state index is -1.08. The van der Waals surface area contributed by atoms with E-state index in [1.165, 1.54) is 17.0 Å². The molecular formula is C17H17NO3. The first-order chi connectivity index (χ1) is 10.1. The molecule has 3 rings (SSSR count). The van der Waals surface area contributed by atoms with Gasteiger partial charge in [0.1, 0.15) is 5.75 Å². The molecule has 4 nitrogen and oxygen atoms in total. The molecule has 21 heavy (non-hydrogen) atoms. The number of aromatic nitrogens is 1. The van der Waals surface area contributed by atoms with Crippen molar-refractivity contribution in [1.29, 1.82) is 0 Å². The van der Waals surface area contributed by atoms with E-state index in [-0.39, 0.29) is 0 Å². The molecule has 0 aliphatic carbocycles. The van der Waals surface area contributed by atoms with E-state index in [0.717, 1.165) is 19.1 Å². The fourth-order valence-corrected chi connectivity index (χ4v) is 2.20. The lowest BCUT2D eigenvalue weighted by molar-refractivity contribution is -0.582. The van der Waals surface area contributed by atoms with Crippen molar-refractivity contribution >= 4 is 11.7 Å². The molecule has 0 fully saturated rings. The number of aliphatic carboxylic acids is 1. The van der Waals surface area contributed by atoms with Crippen LogP contribution in [0.4, 0.5) is 0 Å². The normalized spacial score (nSPS) is 11.8. The lowest BCUT2D eigenvalue weighted by Gasteiger charge is -2.02. The highest BCUT2D eigenvalue weighted by atomic mass is 16.5. The zero-order chi connectivity index (χ0) is 15.2. The van der Waals surface area contributed by atoms with Crippen LogP contribution < -0.4 is 14.4 Å². The smallest absolute Gasteiger partial charge is 0.214 e. The molecule has 1 aromatic carbocycles. The summed E-state index contributed by atoms with van der Waals surface area (Å²) < 4.78 is 7.41. The molecule has 0 saturated heterocycles. The Morgan fingerprint density at radius 3 is 2.48 bits per heavy atom. The number of benzene rings is 1. The summed E-state index contributed by atoms with van der Waals surface area (Å²) in [5.41, 5.74) is 3.81. The van der Waals surface area contributed by atoms with E-state index >= 15 is 0 Å². The molecule has 0 N–H and O–H groups in total. The molecule has 4 heteroatoms. The Labute approximate surface area is 123 Å². The number of hydrogen-bond donors (Lipinski definition) is 0. The molecule has 0 amide bonds. The third kappa shape index (κ3) is 3.69. The van der Waals surface area contributed by atoms with Crippen molar-refractivity contribution in [3.63, 3.8) is 0 Å². The van der Waals surface area contributed by atoms with Crippen molar-refractivity contribution < 1.29 is 19.2 Å². The van der Waals surface area contributed by atoms with E-state index in [1.807, 2.05) is 12.1 Å². The highest BCUT2D eigenvalue weighted by Gasteiger charge is 2.23. The highest BCUT2D eigenvalue weighted by Crippen LogP contribution is 2.20. The van der Waals surface area contributed by atoms with Crippen molar-refractivity contribution in [2.24, 2.45) is 0 Å². The number of pyridine rings is 1. The van der Waals surface area contributed by atoms with Crippen LogP contribution in [0.5, 0.6) is 5.75 Å².